The molecule has 90 valence electrons. The molecule has 1 aliphatic heterocycles. The molecule has 1 aliphatic rings. The number of hydrogen-bond donors (Lipinski definition) is 3. The van der Waals surface area contributed by atoms with E-state index in [1.165, 1.54) is 6.07 Å². The monoisotopic (exact) mass is 237 g/mol. The molecule has 17 heavy (non-hydrogen) atoms. The number of amides is 2. The molecule has 1 atom stereocenters. The molecule has 0 bridgehead atoms. The van der Waals surface area contributed by atoms with Gasteiger partial charge >= 0.3 is 0 Å². The van der Waals surface area contributed by atoms with E-state index in [0.717, 1.165) is 0 Å². The van der Waals surface area contributed by atoms with Crippen LogP contribution < -0.4 is 16.2 Å². The second-order valence-electron chi connectivity index (χ2n) is 3.76. The first-order valence-electron chi connectivity index (χ1n) is 5.22. The molecule has 3 N–H and O–H groups in total. The largest absolute Gasteiger partial charge is 0.350 e. The Labute approximate surface area is 97.4 Å². The van der Waals surface area contributed by atoms with Crippen LogP contribution in [0.1, 0.15) is 12.0 Å². The minimum Gasteiger partial charge on any atom is -0.350 e. The van der Waals surface area contributed by atoms with Crippen molar-refractivity contribution in [3.05, 3.63) is 35.6 Å². The van der Waals surface area contributed by atoms with E-state index >= 15 is 0 Å². The Hall–Kier alpha value is -1.95. The Balaban J connectivity index is 1.88. The zero-order chi connectivity index (χ0) is 12.3. The highest BCUT2D eigenvalue weighted by Crippen LogP contribution is 2.06. The summed E-state index contributed by atoms with van der Waals surface area (Å²) < 4.78 is 13.2. The van der Waals surface area contributed by atoms with Crippen LogP contribution in [0.5, 0.6) is 0 Å². The molecule has 2 rings (SSSR count). The summed E-state index contributed by atoms with van der Waals surface area (Å²) >= 11 is 0. The molecule has 0 spiro atoms. The van der Waals surface area contributed by atoms with Crippen LogP contribution in [0.2, 0.25) is 0 Å². The lowest BCUT2D eigenvalue weighted by Crippen LogP contribution is -2.43. The van der Waals surface area contributed by atoms with Crippen LogP contribution in [-0.2, 0) is 16.1 Å². The highest BCUT2D eigenvalue weighted by atomic mass is 19.1. The van der Waals surface area contributed by atoms with Gasteiger partial charge < -0.3 is 5.32 Å². The van der Waals surface area contributed by atoms with Crippen LogP contribution in [0.15, 0.2) is 24.3 Å². The lowest BCUT2D eigenvalue weighted by Gasteiger charge is -2.10. The Morgan fingerprint density at radius 1 is 1.47 bits per heavy atom. The Kier molecular flexibility index (Phi) is 3.34. The van der Waals surface area contributed by atoms with Crippen molar-refractivity contribution in [2.24, 2.45) is 0 Å². The third-order valence-electron chi connectivity index (χ3n) is 2.50. The van der Waals surface area contributed by atoms with Crippen LogP contribution in [-0.4, -0.2) is 17.9 Å². The molecule has 1 heterocycles. The number of rotatable bonds is 3. The molecule has 0 aromatic heterocycles. The van der Waals surface area contributed by atoms with E-state index in [2.05, 4.69) is 16.2 Å². The summed E-state index contributed by atoms with van der Waals surface area (Å²) in [5.41, 5.74) is 5.30. The van der Waals surface area contributed by atoms with Crippen molar-refractivity contribution in [1.29, 1.82) is 0 Å². The lowest BCUT2D eigenvalue weighted by atomic mass is 10.2. The van der Waals surface area contributed by atoms with Crippen molar-refractivity contribution in [2.45, 2.75) is 19.0 Å². The second kappa shape index (κ2) is 4.92. The summed E-state index contributed by atoms with van der Waals surface area (Å²) in [6, 6.07) is 5.63. The van der Waals surface area contributed by atoms with Crippen LogP contribution >= 0.6 is 0 Å². The van der Waals surface area contributed by atoms with E-state index in [9.17, 15) is 14.0 Å². The van der Waals surface area contributed by atoms with Gasteiger partial charge in [0.05, 0.1) is 6.42 Å². The average Bonchev–Trinajstić information content (AvgIpc) is 2.74. The third kappa shape index (κ3) is 2.79. The van der Waals surface area contributed by atoms with Gasteiger partial charge in [0.25, 0.3) is 0 Å². The molecule has 0 saturated carbocycles. The Morgan fingerprint density at radius 2 is 2.24 bits per heavy atom. The van der Waals surface area contributed by atoms with E-state index in [1.807, 2.05) is 0 Å². The van der Waals surface area contributed by atoms with Gasteiger partial charge in [0.2, 0.25) is 11.8 Å². The molecule has 0 radical (unpaired) electrons. The standard InChI is InChI=1S/C11H12FN3O2/c12-8-4-2-1-3-7(8)6-13-11(17)9-5-10(16)15-14-9/h1-4,9,14H,5-6H2,(H,13,17)(H,15,16). The molecule has 1 saturated heterocycles. The highest BCUT2D eigenvalue weighted by molar-refractivity contribution is 5.90. The summed E-state index contributed by atoms with van der Waals surface area (Å²) in [4.78, 5) is 22.5. The zero-order valence-electron chi connectivity index (χ0n) is 9.00. The van der Waals surface area contributed by atoms with Gasteiger partial charge in [-0.15, -0.1) is 0 Å². The Morgan fingerprint density at radius 3 is 2.88 bits per heavy atom. The summed E-state index contributed by atoms with van der Waals surface area (Å²) in [5, 5.41) is 2.57. The molecule has 1 aromatic carbocycles. The number of halogens is 1. The van der Waals surface area contributed by atoms with Crippen LogP contribution in [0.25, 0.3) is 0 Å². The topological polar surface area (TPSA) is 70.2 Å². The van der Waals surface area contributed by atoms with E-state index in [-0.39, 0.29) is 30.6 Å². The molecule has 6 heteroatoms. The molecule has 0 aliphatic carbocycles. The van der Waals surface area contributed by atoms with Gasteiger partial charge in [-0.05, 0) is 6.07 Å². The molecule has 5 nitrogen and oxygen atoms in total. The molecule has 1 aromatic rings. The van der Waals surface area contributed by atoms with Gasteiger partial charge in [0, 0.05) is 12.1 Å². The van der Waals surface area contributed by atoms with Crippen LogP contribution in [0.4, 0.5) is 4.39 Å². The maximum Gasteiger partial charge on any atom is 0.239 e. The Bertz CT molecular complexity index is 450. The van der Waals surface area contributed by atoms with E-state index in [4.69, 9.17) is 0 Å². The van der Waals surface area contributed by atoms with Gasteiger partial charge in [0.15, 0.2) is 0 Å². The fraction of sp³-hybridized carbons (Fsp3) is 0.273. The van der Waals surface area contributed by atoms with Crippen molar-refractivity contribution >= 4 is 11.8 Å². The van der Waals surface area contributed by atoms with Gasteiger partial charge in [-0.3, -0.25) is 15.0 Å². The first-order chi connectivity index (χ1) is 8.16. The van der Waals surface area contributed by atoms with Crippen molar-refractivity contribution in [3.63, 3.8) is 0 Å². The van der Waals surface area contributed by atoms with Gasteiger partial charge in [-0.1, -0.05) is 18.2 Å². The van der Waals surface area contributed by atoms with E-state index in [1.54, 1.807) is 18.2 Å². The first kappa shape index (κ1) is 11.5. The SMILES string of the molecule is O=C1CC(C(=O)NCc2ccccc2F)NN1. The maximum absolute atomic E-state index is 13.2. The minimum atomic E-state index is -0.589. The normalized spacial score (nSPS) is 18.9. The molecule has 2 amide bonds. The van der Waals surface area contributed by atoms with Crippen LogP contribution in [0.3, 0.4) is 0 Å². The summed E-state index contributed by atoms with van der Waals surface area (Å²) in [6.07, 6.45) is 0.100. The van der Waals surface area contributed by atoms with Crippen molar-refractivity contribution in [2.75, 3.05) is 0 Å². The van der Waals surface area contributed by atoms with Gasteiger partial charge in [0.1, 0.15) is 11.9 Å². The lowest BCUT2D eigenvalue weighted by molar-refractivity contribution is -0.124. The zero-order valence-corrected chi connectivity index (χ0v) is 9.00. The number of hydrazine groups is 1. The number of hydrogen-bond acceptors (Lipinski definition) is 3. The number of carbonyl (C=O) groups excluding carboxylic acids is 2. The second-order valence-corrected chi connectivity index (χ2v) is 3.76. The first-order valence-corrected chi connectivity index (χ1v) is 5.22. The summed E-state index contributed by atoms with van der Waals surface area (Å²) in [6.45, 7) is 0.109. The predicted octanol–water partition coefficient (Wildman–Crippen LogP) is -0.165. The predicted molar refractivity (Wildman–Crippen MR) is 57.9 cm³/mol. The number of benzene rings is 1. The van der Waals surface area contributed by atoms with E-state index in [0.29, 0.717) is 5.56 Å². The van der Waals surface area contributed by atoms with Crippen LogP contribution in [0, 0.1) is 5.82 Å². The van der Waals surface area contributed by atoms with Crippen molar-refractivity contribution in [3.8, 4) is 0 Å². The molecule has 1 fully saturated rings. The smallest absolute Gasteiger partial charge is 0.239 e. The summed E-state index contributed by atoms with van der Waals surface area (Å²) in [5.74, 6) is -0.913. The van der Waals surface area contributed by atoms with Crippen molar-refractivity contribution in [1.82, 2.24) is 16.2 Å². The minimum absolute atomic E-state index is 0.100. The average molecular weight is 237 g/mol. The van der Waals surface area contributed by atoms with Gasteiger partial charge in [-0.2, -0.15) is 0 Å². The number of nitrogens with one attached hydrogen (secondary N) is 3. The quantitative estimate of drug-likeness (QED) is 0.684. The third-order valence-corrected chi connectivity index (χ3v) is 2.50. The highest BCUT2D eigenvalue weighted by Gasteiger charge is 2.27. The summed E-state index contributed by atoms with van der Waals surface area (Å²) in [7, 11) is 0. The maximum atomic E-state index is 13.2. The van der Waals surface area contributed by atoms with E-state index < -0.39 is 6.04 Å². The van der Waals surface area contributed by atoms with Gasteiger partial charge in [-0.25, -0.2) is 9.82 Å². The fourth-order valence-corrected chi connectivity index (χ4v) is 1.56. The number of carbonyl (C=O) groups is 2. The molecular weight excluding hydrogens is 225 g/mol. The fourth-order valence-electron chi connectivity index (χ4n) is 1.56. The van der Waals surface area contributed by atoms with Crippen molar-refractivity contribution < 1.29 is 14.0 Å². The molecule has 1 unspecified atom stereocenters. The molecular formula is C11H12FN3O2.